The number of nitrogens with one attached hydrogen (secondary N) is 2. The van der Waals surface area contributed by atoms with E-state index in [-0.39, 0.29) is 11.8 Å². The molecule has 0 aliphatic rings. The van der Waals surface area contributed by atoms with Crippen molar-refractivity contribution < 1.29 is 18.7 Å². The lowest BCUT2D eigenvalue weighted by Crippen LogP contribution is -2.27. The second-order valence-electron chi connectivity index (χ2n) is 6.54. The Morgan fingerprint density at radius 1 is 1.00 bits per heavy atom. The molecule has 0 bridgehead atoms. The van der Waals surface area contributed by atoms with E-state index in [1.54, 1.807) is 55.8 Å². The predicted octanol–water partition coefficient (Wildman–Crippen LogP) is 4.23. The van der Waals surface area contributed by atoms with E-state index in [2.05, 4.69) is 10.6 Å². The van der Waals surface area contributed by atoms with Gasteiger partial charge < -0.3 is 19.8 Å². The molecule has 0 fully saturated rings. The van der Waals surface area contributed by atoms with Gasteiger partial charge in [-0.1, -0.05) is 42.5 Å². The Bertz CT molecular complexity index is 995. The molecule has 1 heterocycles. The fourth-order valence-electron chi connectivity index (χ4n) is 2.91. The van der Waals surface area contributed by atoms with Crippen LogP contribution >= 0.6 is 0 Å². The zero-order valence-electron chi connectivity index (χ0n) is 16.8. The molecule has 3 aromatic rings. The zero-order chi connectivity index (χ0) is 21.2. The van der Waals surface area contributed by atoms with E-state index in [1.165, 1.54) is 0 Å². The van der Waals surface area contributed by atoms with Crippen LogP contribution in [0.2, 0.25) is 0 Å². The highest BCUT2D eigenvalue weighted by Crippen LogP contribution is 2.22. The maximum absolute atomic E-state index is 13.1. The van der Waals surface area contributed by atoms with Crippen LogP contribution in [0.5, 0.6) is 0 Å². The first-order chi connectivity index (χ1) is 14.7. The van der Waals surface area contributed by atoms with Crippen LogP contribution in [-0.4, -0.2) is 32.1 Å². The number of furan rings is 1. The van der Waals surface area contributed by atoms with Crippen molar-refractivity contribution in [3.63, 3.8) is 0 Å². The number of carbonyl (C=O) groups excluding carboxylic acids is 2. The molecule has 6 nitrogen and oxygen atoms in total. The van der Waals surface area contributed by atoms with Gasteiger partial charge >= 0.3 is 0 Å². The number of rotatable bonds is 9. The van der Waals surface area contributed by atoms with Crippen LogP contribution < -0.4 is 10.6 Å². The third-order valence-corrected chi connectivity index (χ3v) is 4.39. The predicted molar refractivity (Wildman–Crippen MR) is 117 cm³/mol. The molecule has 1 aromatic heterocycles. The van der Waals surface area contributed by atoms with E-state index in [4.69, 9.17) is 9.15 Å². The number of carbonyl (C=O) groups is 2. The highest BCUT2D eigenvalue weighted by atomic mass is 16.5. The molecule has 2 amide bonds. The first-order valence-electron chi connectivity index (χ1n) is 9.67. The lowest BCUT2D eigenvalue weighted by atomic mass is 10.0. The summed E-state index contributed by atoms with van der Waals surface area (Å²) in [6, 6.07) is 19.8. The Kier molecular flexibility index (Phi) is 7.58. The maximum atomic E-state index is 13.1. The van der Waals surface area contributed by atoms with Crippen LogP contribution in [0.4, 0.5) is 5.69 Å². The molecule has 30 heavy (non-hydrogen) atoms. The van der Waals surface area contributed by atoms with Crippen molar-refractivity contribution in [1.29, 1.82) is 0 Å². The molecule has 154 valence electrons. The first kappa shape index (κ1) is 21.1. The fourth-order valence-corrected chi connectivity index (χ4v) is 2.91. The Morgan fingerprint density at radius 3 is 2.50 bits per heavy atom. The van der Waals surface area contributed by atoms with Crippen LogP contribution in [0.25, 0.3) is 11.6 Å². The Morgan fingerprint density at radius 2 is 1.77 bits per heavy atom. The van der Waals surface area contributed by atoms with E-state index < -0.39 is 0 Å². The van der Waals surface area contributed by atoms with Gasteiger partial charge in [-0.25, -0.2) is 0 Å². The van der Waals surface area contributed by atoms with E-state index in [1.807, 2.05) is 30.3 Å². The van der Waals surface area contributed by atoms with Gasteiger partial charge in [-0.05, 0) is 42.3 Å². The average Bonchev–Trinajstić information content (AvgIpc) is 3.29. The standard InChI is InChI=1S/C24H24N2O4/c1-29-15-8-14-25-23(27)20-12-5-6-13-22(20)26-24(28)21(17-19-11-7-16-30-19)18-9-3-2-4-10-18/h2-7,9-13,16-17H,8,14-15H2,1H3,(H,25,27)(H,26,28)/b21-17+. The topological polar surface area (TPSA) is 80.6 Å². The summed E-state index contributed by atoms with van der Waals surface area (Å²) in [4.78, 5) is 25.7. The molecule has 6 heteroatoms. The number of hydrogen-bond donors (Lipinski definition) is 2. The average molecular weight is 404 g/mol. The maximum Gasteiger partial charge on any atom is 0.256 e. The molecule has 0 saturated heterocycles. The molecule has 0 atom stereocenters. The van der Waals surface area contributed by atoms with Gasteiger partial charge in [0.1, 0.15) is 5.76 Å². The highest BCUT2D eigenvalue weighted by molar-refractivity contribution is 6.29. The number of ether oxygens (including phenoxy) is 1. The summed E-state index contributed by atoms with van der Waals surface area (Å²) in [5, 5.41) is 5.71. The van der Waals surface area contributed by atoms with Crippen molar-refractivity contribution in [3.05, 3.63) is 89.9 Å². The molecule has 3 rings (SSSR count). The third kappa shape index (κ3) is 5.68. The number of para-hydroxylation sites is 1. The first-order valence-corrected chi connectivity index (χ1v) is 9.67. The van der Waals surface area contributed by atoms with Gasteiger partial charge in [0, 0.05) is 20.3 Å². The molecular formula is C24H24N2O4. The van der Waals surface area contributed by atoms with Crippen molar-refractivity contribution in [2.75, 3.05) is 25.6 Å². The van der Waals surface area contributed by atoms with Crippen molar-refractivity contribution in [1.82, 2.24) is 5.32 Å². The van der Waals surface area contributed by atoms with Crippen molar-refractivity contribution in [3.8, 4) is 0 Å². The van der Waals surface area contributed by atoms with Gasteiger partial charge in [-0.15, -0.1) is 0 Å². The van der Waals surface area contributed by atoms with Crippen molar-refractivity contribution >= 4 is 29.2 Å². The quantitative estimate of drug-likeness (QED) is 0.413. The minimum Gasteiger partial charge on any atom is -0.465 e. The van der Waals surface area contributed by atoms with Crippen LogP contribution in [0.1, 0.15) is 28.1 Å². The Hall–Kier alpha value is -3.64. The lowest BCUT2D eigenvalue weighted by molar-refractivity contribution is -0.111. The zero-order valence-corrected chi connectivity index (χ0v) is 16.8. The van der Waals surface area contributed by atoms with Gasteiger partial charge in [-0.2, -0.15) is 0 Å². The molecule has 2 aromatic carbocycles. The Labute approximate surface area is 175 Å². The van der Waals surface area contributed by atoms with Gasteiger partial charge in [0.25, 0.3) is 11.8 Å². The van der Waals surface area contributed by atoms with Crippen LogP contribution in [-0.2, 0) is 9.53 Å². The normalized spacial score (nSPS) is 11.2. The summed E-state index contributed by atoms with van der Waals surface area (Å²) in [6.45, 7) is 1.05. The fraction of sp³-hybridized carbons (Fsp3) is 0.167. The number of amides is 2. The molecule has 0 aliphatic carbocycles. The summed E-state index contributed by atoms with van der Waals surface area (Å²) in [5.41, 5.74) is 2.01. The molecule has 0 radical (unpaired) electrons. The van der Waals surface area contributed by atoms with E-state index >= 15 is 0 Å². The molecule has 0 aliphatic heterocycles. The van der Waals surface area contributed by atoms with E-state index in [9.17, 15) is 9.59 Å². The van der Waals surface area contributed by atoms with E-state index in [0.29, 0.717) is 42.2 Å². The van der Waals surface area contributed by atoms with Gasteiger partial charge in [0.15, 0.2) is 0 Å². The van der Waals surface area contributed by atoms with Gasteiger partial charge in [-0.3, -0.25) is 9.59 Å². The Balaban J connectivity index is 1.82. The molecular weight excluding hydrogens is 380 g/mol. The van der Waals surface area contributed by atoms with E-state index in [0.717, 1.165) is 5.56 Å². The summed E-state index contributed by atoms with van der Waals surface area (Å²) >= 11 is 0. The number of methoxy groups -OCH3 is 1. The number of benzene rings is 2. The molecule has 0 saturated carbocycles. The molecule has 0 spiro atoms. The second kappa shape index (κ2) is 10.8. The third-order valence-electron chi connectivity index (χ3n) is 4.39. The highest BCUT2D eigenvalue weighted by Gasteiger charge is 2.17. The van der Waals surface area contributed by atoms with Crippen molar-refractivity contribution in [2.24, 2.45) is 0 Å². The molecule has 0 unspecified atom stereocenters. The summed E-state index contributed by atoms with van der Waals surface area (Å²) < 4.78 is 10.4. The van der Waals surface area contributed by atoms with Crippen LogP contribution in [0.15, 0.2) is 77.4 Å². The van der Waals surface area contributed by atoms with Crippen molar-refractivity contribution in [2.45, 2.75) is 6.42 Å². The minimum atomic E-state index is -0.336. The monoisotopic (exact) mass is 404 g/mol. The largest absolute Gasteiger partial charge is 0.465 e. The second-order valence-corrected chi connectivity index (χ2v) is 6.54. The smallest absolute Gasteiger partial charge is 0.256 e. The minimum absolute atomic E-state index is 0.252. The number of hydrogen-bond acceptors (Lipinski definition) is 4. The number of anilines is 1. The molecule has 2 N–H and O–H groups in total. The van der Waals surface area contributed by atoms with Gasteiger partial charge in [0.05, 0.1) is 23.1 Å². The lowest BCUT2D eigenvalue weighted by Gasteiger charge is -2.13. The summed E-state index contributed by atoms with van der Waals surface area (Å²) in [7, 11) is 1.62. The summed E-state index contributed by atoms with van der Waals surface area (Å²) in [5.74, 6) is -0.0244. The van der Waals surface area contributed by atoms with Crippen LogP contribution in [0.3, 0.4) is 0 Å². The van der Waals surface area contributed by atoms with Gasteiger partial charge in [0.2, 0.25) is 0 Å². The van der Waals surface area contributed by atoms with Crippen LogP contribution in [0, 0.1) is 0 Å². The SMILES string of the molecule is COCCCNC(=O)c1ccccc1NC(=O)/C(=C/c1ccco1)c1ccccc1. The summed E-state index contributed by atoms with van der Waals surface area (Å²) in [6.07, 6.45) is 3.94.